The van der Waals surface area contributed by atoms with Gasteiger partial charge < -0.3 is 20.0 Å². The summed E-state index contributed by atoms with van der Waals surface area (Å²) in [5.41, 5.74) is 0.521. The molecule has 1 N–H and O–H groups in total. The maximum Gasteiger partial charge on any atom is 0.248 e. The van der Waals surface area contributed by atoms with Gasteiger partial charge in [0.2, 0.25) is 5.91 Å². The molecule has 1 amide bonds. The van der Waals surface area contributed by atoms with Gasteiger partial charge in [-0.05, 0) is 18.2 Å². The highest BCUT2D eigenvalue weighted by atomic mass is 16.5. The molecule has 0 unspecified atom stereocenters. The molecule has 0 spiro atoms. The lowest BCUT2D eigenvalue weighted by molar-refractivity contribution is -0.297. The first kappa shape index (κ1) is 11.8. The molecule has 0 saturated heterocycles. The summed E-state index contributed by atoms with van der Waals surface area (Å²) in [4.78, 5) is 21.2. The number of amides is 1. The number of benzene rings is 1. The van der Waals surface area contributed by atoms with Crippen LogP contribution in [0.1, 0.15) is 0 Å². The molecule has 5 heteroatoms. The monoisotopic (exact) mass is 220 g/mol. The molecule has 1 aromatic carbocycles. The van der Waals surface area contributed by atoms with Crippen molar-refractivity contribution in [1.82, 2.24) is 0 Å². The largest absolute Gasteiger partial charge is 0.545 e. The third kappa shape index (κ3) is 3.83. The third-order valence-corrected chi connectivity index (χ3v) is 1.71. The van der Waals surface area contributed by atoms with Gasteiger partial charge in [0.05, 0.1) is 13.1 Å². The van der Waals surface area contributed by atoms with E-state index in [2.05, 4.69) is 5.32 Å². The number of carboxylic acids is 1. The zero-order chi connectivity index (χ0) is 12.0. The Morgan fingerprint density at radius 2 is 2.12 bits per heavy atom. The smallest absolute Gasteiger partial charge is 0.248 e. The van der Waals surface area contributed by atoms with Gasteiger partial charge in [-0.25, -0.2) is 0 Å². The second-order valence-electron chi connectivity index (χ2n) is 2.87. The Balaban J connectivity index is 2.65. The molecule has 0 aliphatic rings. The van der Waals surface area contributed by atoms with Crippen molar-refractivity contribution in [2.24, 2.45) is 0 Å². The summed E-state index contributed by atoms with van der Waals surface area (Å²) in [5.74, 6) is -1.36. The fraction of sp³-hybridized carbons (Fsp3) is 0.0909. The van der Waals surface area contributed by atoms with Crippen LogP contribution in [-0.4, -0.2) is 19.0 Å². The van der Waals surface area contributed by atoms with Crippen molar-refractivity contribution in [2.75, 3.05) is 12.4 Å². The standard InChI is InChI=1S/C11H11NO4/c1-16-9-4-2-3-8(7-9)12-10(13)5-6-11(14)15/h2-7H,1H3,(H,12,13)(H,14,15)/p-1. The maximum atomic E-state index is 11.2. The molecular weight excluding hydrogens is 210 g/mol. The highest BCUT2D eigenvalue weighted by Crippen LogP contribution is 2.16. The number of methoxy groups -OCH3 is 1. The Morgan fingerprint density at radius 1 is 1.38 bits per heavy atom. The van der Waals surface area contributed by atoms with Gasteiger partial charge in [0.1, 0.15) is 5.75 Å². The van der Waals surface area contributed by atoms with E-state index in [0.717, 1.165) is 6.08 Å². The molecule has 0 aliphatic carbocycles. The maximum absolute atomic E-state index is 11.2. The number of aliphatic carboxylic acids is 1. The normalized spacial score (nSPS) is 10.1. The van der Waals surface area contributed by atoms with Crippen molar-refractivity contribution in [3.8, 4) is 5.75 Å². The lowest BCUT2D eigenvalue weighted by atomic mass is 10.3. The first-order valence-corrected chi connectivity index (χ1v) is 4.46. The Morgan fingerprint density at radius 3 is 2.75 bits per heavy atom. The summed E-state index contributed by atoms with van der Waals surface area (Å²) in [6.07, 6.45) is 1.55. The minimum atomic E-state index is -1.42. The average molecular weight is 220 g/mol. The summed E-state index contributed by atoms with van der Waals surface area (Å²) in [6, 6.07) is 6.71. The van der Waals surface area contributed by atoms with Crippen LogP contribution in [0, 0.1) is 0 Å². The third-order valence-electron chi connectivity index (χ3n) is 1.71. The molecule has 1 aromatic rings. The fourth-order valence-electron chi connectivity index (χ4n) is 1.03. The van der Waals surface area contributed by atoms with Crippen LogP contribution >= 0.6 is 0 Å². The van der Waals surface area contributed by atoms with Gasteiger partial charge in [-0.2, -0.15) is 0 Å². The van der Waals surface area contributed by atoms with Crippen LogP contribution in [0.25, 0.3) is 0 Å². The van der Waals surface area contributed by atoms with Gasteiger partial charge in [0.25, 0.3) is 0 Å². The lowest BCUT2D eigenvalue weighted by Crippen LogP contribution is -2.20. The molecule has 0 saturated carbocycles. The molecule has 0 aliphatic heterocycles. The molecule has 0 atom stereocenters. The van der Waals surface area contributed by atoms with Crippen LogP contribution in [0.5, 0.6) is 5.75 Å². The van der Waals surface area contributed by atoms with E-state index in [0.29, 0.717) is 17.5 Å². The van der Waals surface area contributed by atoms with Crippen LogP contribution < -0.4 is 15.2 Å². The second-order valence-corrected chi connectivity index (χ2v) is 2.87. The molecule has 84 valence electrons. The molecule has 0 aromatic heterocycles. The number of rotatable bonds is 4. The summed E-state index contributed by atoms with van der Waals surface area (Å²) >= 11 is 0. The van der Waals surface area contributed by atoms with Gasteiger partial charge >= 0.3 is 0 Å². The van der Waals surface area contributed by atoms with Crippen LogP contribution in [0.4, 0.5) is 5.69 Å². The molecule has 0 fully saturated rings. The van der Waals surface area contributed by atoms with E-state index in [4.69, 9.17) is 4.74 Å². The number of carboxylic acid groups (broad SMARTS) is 1. The molecule has 0 heterocycles. The Kier molecular flexibility index (Phi) is 4.08. The number of hydrogen-bond acceptors (Lipinski definition) is 4. The highest BCUT2D eigenvalue weighted by Gasteiger charge is 1.98. The van der Waals surface area contributed by atoms with Crippen molar-refractivity contribution in [1.29, 1.82) is 0 Å². The molecule has 1 rings (SSSR count). The van der Waals surface area contributed by atoms with E-state index in [1.807, 2.05) is 0 Å². The van der Waals surface area contributed by atoms with Crippen LogP contribution in [0.2, 0.25) is 0 Å². The van der Waals surface area contributed by atoms with Crippen molar-refractivity contribution in [3.63, 3.8) is 0 Å². The predicted octanol–water partition coefficient (Wildman–Crippen LogP) is -0.0602. The zero-order valence-electron chi connectivity index (χ0n) is 8.60. The van der Waals surface area contributed by atoms with E-state index in [9.17, 15) is 14.7 Å². The number of carbonyl (C=O) groups is 2. The van der Waals surface area contributed by atoms with Gasteiger partial charge in [-0.1, -0.05) is 6.07 Å². The first-order valence-electron chi connectivity index (χ1n) is 4.46. The molecule has 16 heavy (non-hydrogen) atoms. The summed E-state index contributed by atoms with van der Waals surface area (Å²) in [7, 11) is 1.51. The molecule has 5 nitrogen and oxygen atoms in total. The molecular formula is C11H10NO4-. The molecule has 0 radical (unpaired) electrons. The quantitative estimate of drug-likeness (QED) is 0.721. The predicted molar refractivity (Wildman–Crippen MR) is 55.8 cm³/mol. The number of anilines is 1. The van der Waals surface area contributed by atoms with Gasteiger partial charge in [0.15, 0.2) is 0 Å². The average Bonchev–Trinajstić information content (AvgIpc) is 2.26. The number of hydrogen-bond donors (Lipinski definition) is 1. The topological polar surface area (TPSA) is 78.5 Å². The summed E-state index contributed by atoms with van der Waals surface area (Å²) in [5, 5.41) is 12.5. The zero-order valence-corrected chi connectivity index (χ0v) is 8.60. The highest BCUT2D eigenvalue weighted by molar-refractivity contribution is 6.02. The number of carbonyl (C=O) groups excluding carboxylic acids is 2. The summed E-state index contributed by atoms with van der Waals surface area (Å²) in [6.45, 7) is 0. The SMILES string of the molecule is COc1cccc(NC(=O)C=CC(=O)[O-])c1. The first-order chi connectivity index (χ1) is 7.61. The van der Waals surface area contributed by atoms with E-state index in [1.54, 1.807) is 24.3 Å². The minimum Gasteiger partial charge on any atom is -0.545 e. The van der Waals surface area contributed by atoms with E-state index in [1.165, 1.54) is 7.11 Å². The molecule has 0 bridgehead atoms. The van der Waals surface area contributed by atoms with Crippen LogP contribution in [0.15, 0.2) is 36.4 Å². The van der Waals surface area contributed by atoms with Gasteiger partial charge in [-0.15, -0.1) is 0 Å². The van der Waals surface area contributed by atoms with Crippen molar-refractivity contribution >= 4 is 17.6 Å². The van der Waals surface area contributed by atoms with E-state index in [-0.39, 0.29) is 0 Å². The Hall–Kier alpha value is -2.30. The van der Waals surface area contributed by atoms with Gasteiger partial charge in [0, 0.05) is 17.8 Å². The fourth-order valence-corrected chi connectivity index (χ4v) is 1.03. The Bertz CT molecular complexity index is 426. The van der Waals surface area contributed by atoms with Crippen molar-refractivity contribution in [2.45, 2.75) is 0 Å². The minimum absolute atomic E-state index is 0.521. The van der Waals surface area contributed by atoms with Crippen LogP contribution in [-0.2, 0) is 9.59 Å². The Labute approximate surface area is 92.3 Å². The van der Waals surface area contributed by atoms with E-state index >= 15 is 0 Å². The number of ether oxygens (including phenoxy) is 1. The van der Waals surface area contributed by atoms with Crippen LogP contribution in [0.3, 0.4) is 0 Å². The van der Waals surface area contributed by atoms with E-state index < -0.39 is 11.9 Å². The summed E-state index contributed by atoms with van der Waals surface area (Å²) < 4.78 is 4.96. The second kappa shape index (κ2) is 5.55. The van der Waals surface area contributed by atoms with Crippen molar-refractivity contribution in [3.05, 3.63) is 36.4 Å². The van der Waals surface area contributed by atoms with Gasteiger partial charge in [-0.3, -0.25) is 4.79 Å². The van der Waals surface area contributed by atoms with Crippen molar-refractivity contribution < 1.29 is 19.4 Å². The lowest BCUT2D eigenvalue weighted by Gasteiger charge is -2.04. The number of nitrogens with one attached hydrogen (secondary N) is 1.